The number of carbonyl (C=O) groups excluding carboxylic acids is 1. The average molecular weight is 324 g/mol. The maximum atomic E-state index is 13.1. The summed E-state index contributed by atoms with van der Waals surface area (Å²) in [4.78, 5) is 10.9. The van der Waals surface area contributed by atoms with E-state index in [1.54, 1.807) is 0 Å². The number of nitrogens with one attached hydrogen (secondary N) is 1. The Hall–Kier alpha value is -1.27. The lowest BCUT2D eigenvalue weighted by molar-refractivity contribution is -0.147. The first-order valence-corrected chi connectivity index (χ1v) is 6.49. The highest BCUT2D eigenvalue weighted by Gasteiger charge is 2.24. The van der Waals surface area contributed by atoms with Gasteiger partial charge >= 0.3 is 5.97 Å². The zero-order valence-corrected chi connectivity index (χ0v) is 12.3. The van der Waals surface area contributed by atoms with Crippen LogP contribution in [0.25, 0.3) is 0 Å². The highest BCUT2D eigenvalue weighted by molar-refractivity contribution is 5.85. The Kier molecular flexibility index (Phi) is 6.48. The van der Waals surface area contributed by atoms with Gasteiger partial charge in [0, 0.05) is 19.4 Å². The summed E-state index contributed by atoms with van der Waals surface area (Å²) in [5.41, 5.74) is 0.377. The van der Waals surface area contributed by atoms with E-state index in [9.17, 15) is 18.0 Å². The van der Waals surface area contributed by atoms with Crippen LogP contribution in [0.15, 0.2) is 12.1 Å². The molecule has 0 radical (unpaired) electrons. The number of hydrogen-bond donors (Lipinski definition) is 1. The number of ether oxygens (including phenoxy) is 1. The Morgan fingerprint density at radius 2 is 1.95 bits per heavy atom. The third-order valence-corrected chi connectivity index (χ3v) is 3.31. The molecule has 1 fully saturated rings. The maximum absolute atomic E-state index is 13.1. The smallest absolute Gasteiger partial charge is 0.302 e. The van der Waals surface area contributed by atoms with Crippen molar-refractivity contribution in [3.8, 4) is 0 Å². The number of esters is 1. The summed E-state index contributed by atoms with van der Waals surface area (Å²) in [6.45, 7) is 2.01. The minimum atomic E-state index is -1.46. The van der Waals surface area contributed by atoms with Crippen LogP contribution in [0.3, 0.4) is 0 Å². The normalized spacial score (nSPS) is 21.5. The molecule has 21 heavy (non-hydrogen) atoms. The Balaban J connectivity index is 0.00000220. The number of piperidine rings is 1. The number of benzene rings is 1. The van der Waals surface area contributed by atoms with Crippen LogP contribution in [-0.2, 0) is 16.0 Å². The van der Waals surface area contributed by atoms with Crippen LogP contribution in [-0.4, -0.2) is 24.7 Å². The summed E-state index contributed by atoms with van der Waals surface area (Å²) in [7, 11) is 0. The van der Waals surface area contributed by atoms with Crippen molar-refractivity contribution in [2.75, 3.05) is 6.54 Å². The first kappa shape index (κ1) is 17.8. The quantitative estimate of drug-likeness (QED) is 0.686. The van der Waals surface area contributed by atoms with Gasteiger partial charge in [0.1, 0.15) is 6.10 Å². The third kappa shape index (κ3) is 4.89. The van der Waals surface area contributed by atoms with E-state index in [4.69, 9.17) is 4.74 Å². The van der Waals surface area contributed by atoms with Crippen LogP contribution in [0.1, 0.15) is 25.3 Å². The topological polar surface area (TPSA) is 38.3 Å². The molecule has 1 aliphatic heterocycles. The van der Waals surface area contributed by atoms with Crippen LogP contribution in [0.5, 0.6) is 0 Å². The molecule has 2 atom stereocenters. The number of rotatable bonds is 3. The van der Waals surface area contributed by atoms with Crippen molar-refractivity contribution >= 4 is 18.4 Å². The Bertz CT molecular complexity index is 490. The van der Waals surface area contributed by atoms with Crippen LogP contribution >= 0.6 is 12.4 Å². The standard InChI is InChI=1S/C14H16F3NO2.ClH/c1-8(19)20-11-2-3-18-10(7-11)4-9-5-12(15)14(17)13(16)6-9;/h5-6,10-11,18H,2-4,7H2,1H3;1H. The van der Waals surface area contributed by atoms with E-state index < -0.39 is 17.5 Å². The molecule has 1 aromatic carbocycles. The van der Waals surface area contributed by atoms with E-state index >= 15 is 0 Å². The molecule has 7 heteroatoms. The molecule has 2 rings (SSSR count). The fourth-order valence-electron chi connectivity index (χ4n) is 2.47. The number of hydrogen-bond acceptors (Lipinski definition) is 3. The largest absolute Gasteiger partial charge is 0.462 e. The van der Waals surface area contributed by atoms with Gasteiger partial charge in [0.15, 0.2) is 17.5 Å². The summed E-state index contributed by atoms with van der Waals surface area (Å²) in [6.07, 6.45) is 1.45. The molecule has 1 aliphatic rings. The van der Waals surface area contributed by atoms with E-state index in [0.29, 0.717) is 31.4 Å². The van der Waals surface area contributed by atoms with Gasteiger partial charge in [0.05, 0.1) is 0 Å². The fourth-order valence-corrected chi connectivity index (χ4v) is 2.47. The second kappa shape index (κ2) is 7.66. The summed E-state index contributed by atoms with van der Waals surface area (Å²) in [5.74, 6) is -4.17. The molecule has 0 aliphatic carbocycles. The van der Waals surface area contributed by atoms with Crippen molar-refractivity contribution in [3.05, 3.63) is 35.1 Å². The second-order valence-corrected chi connectivity index (χ2v) is 4.98. The molecule has 2 unspecified atom stereocenters. The molecule has 118 valence electrons. The zero-order chi connectivity index (χ0) is 14.7. The lowest BCUT2D eigenvalue weighted by Crippen LogP contribution is -2.43. The average Bonchev–Trinajstić information content (AvgIpc) is 2.35. The van der Waals surface area contributed by atoms with Gasteiger partial charge in [-0.2, -0.15) is 0 Å². The lowest BCUT2D eigenvalue weighted by Gasteiger charge is -2.30. The highest BCUT2D eigenvalue weighted by atomic mass is 35.5. The van der Waals surface area contributed by atoms with E-state index in [0.717, 1.165) is 12.1 Å². The van der Waals surface area contributed by atoms with Crippen LogP contribution in [0.2, 0.25) is 0 Å². The summed E-state index contributed by atoms with van der Waals surface area (Å²) in [5, 5.41) is 3.19. The molecule has 1 aromatic rings. The molecule has 0 aromatic heterocycles. The fraction of sp³-hybridized carbons (Fsp3) is 0.500. The predicted molar refractivity (Wildman–Crippen MR) is 73.8 cm³/mol. The van der Waals surface area contributed by atoms with Crippen molar-refractivity contribution < 1.29 is 22.7 Å². The molecule has 3 nitrogen and oxygen atoms in total. The van der Waals surface area contributed by atoms with Gasteiger partial charge in [-0.15, -0.1) is 12.4 Å². The van der Waals surface area contributed by atoms with Gasteiger partial charge in [0.2, 0.25) is 0 Å². The van der Waals surface area contributed by atoms with E-state index in [-0.39, 0.29) is 30.5 Å². The molecular formula is C14H17ClF3NO2. The Labute approximate surface area is 127 Å². The van der Waals surface area contributed by atoms with Gasteiger partial charge < -0.3 is 10.1 Å². The van der Waals surface area contributed by atoms with Gasteiger partial charge in [0.25, 0.3) is 0 Å². The minimum absolute atomic E-state index is 0. The summed E-state index contributed by atoms with van der Waals surface area (Å²) < 4.78 is 44.3. The van der Waals surface area contributed by atoms with Gasteiger partial charge in [-0.3, -0.25) is 4.79 Å². The molecule has 0 saturated carbocycles. The van der Waals surface area contributed by atoms with Crippen molar-refractivity contribution in [1.29, 1.82) is 0 Å². The van der Waals surface area contributed by atoms with Crippen molar-refractivity contribution in [2.45, 2.75) is 38.3 Å². The zero-order valence-electron chi connectivity index (χ0n) is 11.5. The summed E-state index contributed by atoms with van der Waals surface area (Å²) >= 11 is 0. The van der Waals surface area contributed by atoms with E-state index in [1.165, 1.54) is 6.92 Å². The second-order valence-electron chi connectivity index (χ2n) is 4.98. The minimum Gasteiger partial charge on any atom is -0.462 e. The van der Waals surface area contributed by atoms with Gasteiger partial charge in [-0.25, -0.2) is 13.2 Å². The monoisotopic (exact) mass is 323 g/mol. The molecule has 0 amide bonds. The molecule has 0 bridgehead atoms. The van der Waals surface area contributed by atoms with E-state index in [2.05, 4.69) is 5.32 Å². The van der Waals surface area contributed by atoms with Crippen LogP contribution in [0, 0.1) is 17.5 Å². The SMILES string of the molecule is CC(=O)OC1CCNC(Cc2cc(F)c(F)c(F)c2)C1.Cl. The Morgan fingerprint density at radius 1 is 1.33 bits per heavy atom. The molecule has 0 spiro atoms. The van der Waals surface area contributed by atoms with Crippen molar-refractivity contribution in [1.82, 2.24) is 5.32 Å². The third-order valence-electron chi connectivity index (χ3n) is 3.31. The van der Waals surface area contributed by atoms with Crippen molar-refractivity contribution in [3.63, 3.8) is 0 Å². The van der Waals surface area contributed by atoms with Gasteiger partial charge in [-0.1, -0.05) is 0 Å². The molecule has 1 saturated heterocycles. The number of halogens is 4. The van der Waals surface area contributed by atoms with Crippen LogP contribution < -0.4 is 5.32 Å². The first-order valence-electron chi connectivity index (χ1n) is 6.49. The first-order chi connectivity index (χ1) is 9.45. The lowest BCUT2D eigenvalue weighted by atomic mass is 9.95. The maximum Gasteiger partial charge on any atom is 0.302 e. The number of carbonyl (C=O) groups is 1. The Morgan fingerprint density at radius 3 is 2.52 bits per heavy atom. The van der Waals surface area contributed by atoms with Gasteiger partial charge in [-0.05, 0) is 37.1 Å². The predicted octanol–water partition coefficient (Wildman–Crippen LogP) is 2.75. The van der Waals surface area contributed by atoms with Crippen LogP contribution in [0.4, 0.5) is 13.2 Å². The van der Waals surface area contributed by atoms with E-state index in [1.807, 2.05) is 0 Å². The van der Waals surface area contributed by atoms with Crippen molar-refractivity contribution in [2.24, 2.45) is 0 Å². The summed E-state index contributed by atoms with van der Waals surface area (Å²) in [6, 6.07) is 1.93. The molecule has 1 heterocycles. The molecule has 1 N–H and O–H groups in total. The highest BCUT2D eigenvalue weighted by Crippen LogP contribution is 2.19. The molecular weight excluding hydrogens is 307 g/mol.